The first kappa shape index (κ1) is 22.7. The van der Waals surface area contributed by atoms with Crippen LogP contribution in [0.5, 0.6) is 0 Å². The van der Waals surface area contributed by atoms with Crippen molar-refractivity contribution < 1.29 is 28.5 Å². The summed E-state index contributed by atoms with van der Waals surface area (Å²) in [5.74, 6) is -1.03. The molecule has 3 atom stereocenters. The number of rotatable bonds is 6. The smallest absolute Gasteiger partial charge is 0.303 e. The highest BCUT2D eigenvalue weighted by molar-refractivity contribution is 6.33. The van der Waals surface area contributed by atoms with E-state index in [2.05, 4.69) is 15.0 Å². The van der Waals surface area contributed by atoms with Crippen molar-refractivity contribution in [2.75, 3.05) is 0 Å². The van der Waals surface area contributed by atoms with Crippen LogP contribution in [-0.2, 0) is 35.1 Å². The predicted molar refractivity (Wildman–Crippen MR) is 119 cm³/mol. The molecule has 11 heteroatoms. The zero-order chi connectivity index (χ0) is 23.9. The average molecular weight is 487 g/mol. The number of benzene rings is 1. The van der Waals surface area contributed by atoms with Crippen LogP contribution in [0.25, 0.3) is 11.2 Å². The molecule has 2 aromatic heterocycles. The second kappa shape index (κ2) is 8.94. The molecular weight excluding hydrogens is 464 g/mol. The number of imidazole rings is 1. The highest BCUT2D eigenvalue weighted by Gasteiger charge is 2.65. The van der Waals surface area contributed by atoms with Crippen LogP contribution < -0.4 is 0 Å². The summed E-state index contributed by atoms with van der Waals surface area (Å²) in [4.78, 5) is 36.5. The minimum Gasteiger partial charge on any atom is -0.455 e. The van der Waals surface area contributed by atoms with E-state index >= 15 is 0 Å². The van der Waals surface area contributed by atoms with Crippen LogP contribution in [0.2, 0.25) is 5.15 Å². The summed E-state index contributed by atoms with van der Waals surface area (Å²) in [6.45, 7) is 3.07. The highest BCUT2D eigenvalue weighted by atomic mass is 35.5. The van der Waals surface area contributed by atoms with Crippen LogP contribution in [-0.4, -0.2) is 55.4 Å². The summed E-state index contributed by atoms with van der Waals surface area (Å²) in [6, 6.07) is 9.85. The number of fused-ring (bicyclic) bond motifs is 1. The number of aromatic nitrogens is 4. The first-order valence-corrected chi connectivity index (χ1v) is 11.2. The molecule has 10 nitrogen and oxygen atoms in total. The number of nitrogens with zero attached hydrogens (tertiary/aromatic N) is 4. The number of ether oxygens (including phenoxy) is 4. The molecule has 2 aliphatic rings. The maximum absolute atomic E-state index is 12.0. The van der Waals surface area contributed by atoms with Gasteiger partial charge in [0, 0.05) is 26.7 Å². The molecule has 0 N–H and O–H groups in total. The van der Waals surface area contributed by atoms with Gasteiger partial charge in [-0.05, 0) is 5.56 Å². The van der Waals surface area contributed by atoms with Crippen molar-refractivity contribution >= 4 is 34.7 Å². The maximum atomic E-state index is 12.0. The number of halogens is 1. The molecule has 0 unspecified atom stereocenters. The van der Waals surface area contributed by atoms with Crippen molar-refractivity contribution in [3.8, 4) is 0 Å². The van der Waals surface area contributed by atoms with E-state index in [1.807, 2.05) is 30.3 Å². The largest absolute Gasteiger partial charge is 0.455 e. The number of hydrogen-bond donors (Lipinski definition) is 0. The number of carbonyl (C=O) groups is 2. The minimum absolute atomic E-state index is 0.105. The average Bonchev–Trinajstić information content (AvgIpc) is 3.33. The third-order valence-electron chi connectivity index (χ3n) is 6.11. The van der Waals surface area contributed by atoms with Crippen LogP contribution in [0.4, 0.5) is 0 Å². The molecule has 0 radical (unpaired) electrons. The second-order valence-electron chi connectivity index (χ2n) is 8.49. The number of hydrogen-bond acceptors (Lipinski definition) is 9. The lowest BCUT2D eigenvalue weighted by atomic mass is 9.73. The summed E-state index contributed by atoms with van der Waals surface area (Å²) < 4.78 is 25.4. The van der Waals surface area contributed by atoms with E-state index in [9.17, 15) is 9.59 Å². The Balaban J connectivity index is 1.43. The van der Waals surface area contributed by atoms with E-state index in [4.69, 9.17) is 30.5 Å². The molecule has 34 heavy (non-hydrogen) atoms. The fraction of sp³-hybridized carbons (Fsp3) is 0.435. The molecular formula is C23H23ClN4O6. The standard InChI is InChI=1S/C23H23ClN4O6/c1-13(29)32-18-19(33-14(2)30)23(8-16(9-23)31-10-15-6-4-3-5-7-15)34-22(18)28-12-27-17-20(24)25-11-26-21(17)28/h3-7,11-12,16,18-19,22H,8-10H2,1-2H3/t16?,18-,19+,22-,23?/m1/s1. The van der Waals surface area contributed by atoms with Crippen LogP contribution >= 0.6 is 11.6 Å². The molecule has 1 saturated carbocycles. The van der Waals surface area contributed by atoms with Gasteiger partial charge in [0.25, 0.3) is 0 Å². The van der Waals surface area contributed by atoms with Gasteiger partial charge in [-0.15, -0.1) is 0 Å². The Morgan fingerprint density at radius 1 is 1.12 bits per heavy atom. The van der Waals surface area contributed by atoms with E-state index in [0.717, 1.165) is 5.56 Å². The van der Waals surface area contributed by atoms with Crippen LogP contribution in [0.3, 0.4) is 0 Å². The monoisotopic (exact) mass is 486 g/mol. The maximum Gasteiger partial charge on any atom is 0.303 e. The zero-order valence-corrected chi connectivity index (χ0v) is 19.3. The fourth-order valence-corrected chi connectivity index (χ4v) is 4.84. The lowest BCUT2D eigenvalue weighted by Gasteiger charge is -2.46. The summed E-state index contributed by atoms with van der Waals surface area (Å²) in [5, 5.41) is 0.190. The topological polar surface area (TPSA) is 115 Å². The predicted octanol–water partition coefficient (Wildman–Crippen LogP) is 2.99. The Morgan fingerprint density at radius 2 is 1.85 bits per heavy atom. The van der Waals surface area contributed by atoms with E-state index < -0.39 is 36.0 Å². The first-order chi connectivity index (χ1) is 16.4. The molecule has 2 fully saturated rings. The van der Waals surface area contributed by atoms with Gasteiger partial charge in [0.2, 0.25) is 0 Å². The van der Waals surface area contributed by atoms with Gasteiger partial charge in [-0.2, -0.15) is 0 Å². The summed E-state index contributed by atoms with van der Waals surface area (Å²) in [7, 11) is 0. The third kappa shape index (κ3) is 4.13. The molecule has 3 heterocycles. The summed E-state index contributed by atoms with van der Waals surface area (Å²) in [5.41, 5.74) is 0.976. The van der Waals surface area contributed by atoms with Crippen LogP contribution in [0.1, 0.15) is 38.5 Å². The summed E-state index contributed by atoms with van der Waals surface area (Å²) in [6.07, 6.45) is 1.06. The van der Waals surface area contributed by atoms with E-state index in [1.54, 1.807) is 4.57 Å². The Morgan fingerprint density at radius 3 is 2.56 bits per heavy atom. The Hall–Kier alpha value is -3.08. The van der Waals surface area contributed by atoms with Crippen molar-refractivity contribution in [1.29, 1.82) is 0 Å². The number of esters is 2. The quantitative estimate of drug-likeness (QED) is 0.383. The van der Waals surface area contributed by atoms with Gasteiger partial charge >= 0.3 is 11.9 Å². The lowest BCUT2D eigenvalue weighted by Crippen LogP contribution is -2.57. The van der Waals surface area contributed by atoms with Gasteiger partial charge in [0.1, 0.15) is 17.4 Å². The van der Waals surface area contributed by atoms with Crippen molar-refractivity contribution in [3.63, 3.8) is 0 Å². The van der Waals surface area contributed by atoms with E-state index in [0.29, 0.717) is 30.6 Å². The highest BCUT2D eigenvalue weighted by Crippen LogP contribution is 2.53. The van der Waals surface area contributed by atoms with Crippen molar-refractivity contribution in [1.82, 2.24) is 19.5 Å². The summed E-state index contributed by atoms with van der Waals surface area (Å²) >= 11 is 6.16. The van der Waals surface area contributed by atoms with Gasteiger partial charge in [-0.3, -0.25) is 14.2 Å². The van der Waals surface area contributed by atoms with Crippen LogP contribution in [0, 0.1) is 0 Å². The molecule has 3 aromatic rings. The minimum atomic E-state index is -0.914. The second-order valence-corrected chi connectivity index (χ2v) is 8.85. The van der Waals surface area contributed by atoms with Crippen molar-refractivity contribution in [2.45, 2.75) is 63.4 Å². The van der Waals surface area contributed by atoms with Gasteiger partial charge in [-0.1, -0.05) is 41.9 Å². The lowest BCUT2D eigenvalue weighted by molar-refractivity contribution is -0.213. The molecule has 1 aliphatic heterocycles. The molecule has 1 saturated heterocycles. The Bertz CT molecular complexity index is 1210. The van der Waals surface area contributed by atoms with E-state index in [-0.39, 0.29) is 11.3 Å². The molecule has 178 valence electrons. The fourth-order valence-electron chi connectivity index (χ4n) is 4.66. The van der Waals surface area contributed by atoms with Crippen molar-refractivity contribution in [3.05, 3.63) is 53.7 Å². The molecule has 1 aliphatic carbocycles. The van der Waals surface area contributed by atoms with Gasteiger partial charge in [0.05, 0.1) is 19.0 Å². The molecule has 0 amide bonds. The Kier molecular flexibility index (Phi) is 5.97. The van der Waals surface area contributed by atoms with Crippen molar-refractivity contribution in [2.24, 2.45) is 0 Å². The molecule has 1 aromatic carbocycles. The SMILES string of the molecule is CC(=O)O[C@H]1[C@H](n2cnc3c(Cl)ncnc32)OC2(CC(OCc3ccccc3)C2)[C@H]1OC(C)=O. The normalized spacial score (nSPS) is 28.1. The Labute approximate surface area is 200 Å². The zero-order valence-electron chi connectivity index (χ0n) is 18.6. The molecule has 5 rings (SSSR count). The third-order valence-corrected chi connectivity index (χ3v) is 6.39. The molecule has 1 spiro atoms. The molecule has 0 bridgehead atoms. The van der Waals surface area contributed by atoms with Gasteiger partial charge < -0.3 is 18.9 Å². The van der Waals surface area contributed by atoms with Crippen LogP contribution in [0.15, 0.2) is 43.0 Å². The first-order valence-electron chi connectivity index (χ1n) is 10.9. The van der Waals surface area contributed by atoms with Gasteiger partial charge in [-0.25, -0.2) is 15.0 Å². The number of carbonyl (C=O) groups excluding carboxylic acids is 2. The van der Waals surface area contributed by atoms with E-state index in [1.165, 1.54) is 26.5 Å². The van der Waals surface area contributed by atoms with Gasteiger partial charge in [0.15, 0.2) is 29.2 Å².